The standard InChI is InChI=1S/C24H22F3IN4O2/c25-24(26,27)19-4-1-3-18(9-19)12-31-14-23(34-22(31)33)7-2-8-28(13-23)15-32-16-30-20-6-5-17(11-29)10-21(20)32/h1,3-6,9-10,16H,2,7-8,12-15H2/t23-/m0/s1. The molecule has 2 aliphatic heterocycles. The summed E-state index contributed by atoms with van der Waals surface area (Å²) in [6, 6.07) is 12.7. The first-order valence-electron chi connectivity index (χ1n) is 10.8. The molecular weight excluding hydrogens is 560 g/mol. The number of fused-ring (bicyclic) bond motifs is 1. The van der Waals surface area contributed by atoms with Gasteiger partial charge in [-0.3, -0.25) is 0 Å². The molecule has 1 spiro atoms. The summed E-state index contributed by atoms with van der Waals surface area (Å²) < 4.78 is 50.0. The summed E-state index contributed by atoms with van der Waals surface area (Å²) in [6.45, 7) is 0.501. The molecule has 3 heterocycles. The Bertz CT molecular complexity index is 1290. The molecule has 0 unspecified atom stereocenters. The zero-order valence-electron chi connectivity index (χ0n) is 18.2. The zero-order chi connectivity index (χ0) is 23.9. The predicted octanol–water partition coefficient (Wildman–Crippen LogP) is 5.58. The third-order valence-corrected chi connectivity index (χ3v) is 12.6. The molecule has 5 rings (SSSR count). The summed E-state index contributed by atoms with van der Waals surface area (Å²) in [7, 11) is 0. The van der Waals surface area contributed by atoms with E-state index in [9.17, 15) is 23.2 Å². The molecule has 3 aromatic rings. The molecular formula is C24H22F3IN4O2. The minimum atomic E-state index is -4.42. The van der Waals surface area contributed by atoms with E-state index in [0.29, 0.717) is 17.7 Å². The molecule has 2 aromatic carbocycles. The Balaban J connectivity index is 1.29. The van der Waals surface area contributed by atoms with Gasteiger partial charge in [-0.25, -0.2) is 0 Å². The van der Waals surface area contributed by atoms with Crippen molar-refractivity contribution in [2.24, 2.45) is 0 Å². The van der Waals surface area contributed by atoms with Gasteiger partial charge >= 0.3 is 202 Å². The Labute approximate surface area is 201 Å². The minimum absolute atomic E-state index is 0.0990. The number of hydrogen-bond acceptors (Lipinski definition) is 4. The maximum atomic E-state index is 13.1. The third kappa shape index (κ3) is 4.58. The van der Waals surface area contributed by atoms with Gasteiger partial charge in [-0.2, -0.15) is 0 Å². The quantitative estimate of drug-likeness (QED) is 0.298. The van der Waals surface area contributed by atoms with E-state index >= 15 is 0 Å². The van der Waals surface area contributed by atoms with Crippen LogP contribution in [0.2, 0.25) is 0 Å². The van der Waals surface area contributed by atoms with Crippen molar-refractivity contribution in [3.05, 3.63) is 65.5 Å². The number of rotatable bonds is 4. The summed E-state index contributed by atoms with van der Waals surface area (Å²) in [4.78, 5) is 18.6. The van der Waals surface area contributed by atoms with E-state index in [0.717, 1.165) is 49.4 Å². The van der Waals surface area contributed by atoms with Crippen molar-refractivity contribution in [3.63, 3.8) is 0 Å². The van der Waals surface area contributed by atoms with Gasteiger partial charge in [0.25, 0.3) is 0 Å². The van der Waals surface area contributed by atoms with Crippen molar-refractivity contribution in [1.82, 2.24) is 14.5 Å². The number of aromatic nitrogens is 2. The number of carbonyl (C=O) groups excluding carboxylic acids is 1. The number of nitriles is 1. The molecule has 0 N–H and O–H groups in total. The number of amides is 1. The van der Waals surface area contributed by atoms with Crippen molar-refractivity contribution in [1.29, 1.82) is 5.26 Å². The molecule has 1 aromatic heterocycles. The zero-order valence-corrected chi connectivity index (χ0v) is 20.3. The summed E-state index contributed by atoms with van der Waals surface area (Å²) in [5.41, 5.74) is 1.54. The molecule has 0 radical (unpaired) electrons. The second-order valence-electron chi connectivity index (χ2n) is 8.75. The molecule has 2 fully saturated rings. The SMILES string of the molecule is N#Cc1ccc2ncn(CI3CCC[C@@]4(CN(Cc5cccc(C(F)(F)F)c5)C(=O)O4)C3)c2c1. The molecule has 10 heteroatoms. The van der Waals surface area contributed by atoms with Crippen molar-refractivity contribution >= 4 is 36.9 Å². The van der Waals surface area contributed by atoms with Crippen LogP contribution in [0.1, 0.15) is 29.5 Å². The average molecular weight is 582 g/mol. The van der Waals surface area contributed by atoms with Gasteiger partial charge in [0.05, 0.1) is 0 Å². The van der Waals surface area contributed by atoms with E-state index in [1.54, 1.807) is 12.1 Å². The molecule has 0 bridgehead atoms. The van der Waals surface area contributed by atoms with E-state index in [2.05, 4.69) is 15.6 Å². The van der Waals surface area contributed by atoms with Crippen LogP contribution in [0.25, 0.3) is 11.0 Å². The number of ether oxygens (including phenoxy) is 1. The van der Waals surface area contributed by atoms with Gasteiger partial charge in [0.1, 0.15) is 0 Å². The van der Waals surface area contributed by atoms with Gasteiger partial charge in [-0.1, -0.05) is 0 Å². The van der Waals surface area contributed by atoms with Crippen LogP contribution >= 0.6 is 19.8 Å². The Hall–Kier alpha value is -2.81. The van der Waals surface area contributed by atoms with Gasteiger partial charge in [-0.15, -0.1) is 0 Å². The number of carbonyl (C=O) groups is 1. The van der Waals surface area contributed by atoms with Crippen LogP contribution in [-0.4, -0.2) is 41.5 Å². The molecule has 1 atom stereocenters. The first-order valence-corrected chi connectivity index (χ1v) is 15.4. The Morgan fingerprint density at radius 1 is 1.24 bits per heavy atom. The fraction of sp³-hybridized carbons (Fsp3) is 0.375. The fourth-order valence-electron chi connectivity index (χ4n) is 4.64. The maximum absolute atomic E-state index is 13.1. The number of halogens is 4. The molecule has 0 aliphatic carbocycles. The first-order chi connectivity index (χ1) is 16.2. The van der Waals surface area contributed by atoms with Crippen molar-refractivity contribution in [3.8, 4) is 6.07 Å². The van der Waals surface area contributed by atoms with Crippen LogP contribution in [0.15, 0.2) is 48.8 Å². The van der Waals surface area contributed by atoms with Crippen LogP contribution in [0.4, 0.5) is 18.0 Å². The summed E-state index contributed by atoms with van der Waals surface area (Å²) >= 11 is -1.56. The average Bonchev–Trinajstić information content (AvgIpc) is 3.33. The summed E-state index contributed by atoms with van der Waals surface area (Å²) in [5.74, 6) is 0. The number of hydrogen-bond donors (Lipinski definition) is 0. The third-order valence-electron chi connectivity index (χ3n) is 6.18. The van der Waals surface area contributed by atoms with E-state index in [1.165, 1.54) is 11.0 Å². The second-order valence-corrected chi connectivity index (χ2v) is 14.5. The topological polar surface area (TPSA) is 71.2 Å². The van der Waals surface area contributed by atoms with Crippen LogP contribution in [0, 0.1) is 11.3 Å². The summed E-state index contributed by atoms with van der Waals surface area (Å²) in [5, 5.41) is 9.22. The number of benzene rings is 2. The van der Waals surface area contributed by atoms with Crippen LogP contribution in [-0.2, 0) is 22.0 Å². The Kier molecular flexibility index (Phi) is 5.91. The molecule has 178 valence electrons. The van der Waals surface area contributed by atoms with Gasteiger partial charge < -0.3 is 0 Å². The van der Waals surface area contributed by atoms with Gasteiger partial charge in [0.2, 0.25) is 0 Å². The van der Waals surface area contributed by atoms with E-state index in [4.69, 9.17) is 4.74 Å². The monoisotopic (exact) mass is 582 g/mol. The van der Waals surface area contributed by atoms with Gasteiger partial charge in [0.15, 0.2) is 0 Å². The predicted molar refractivity (Wildman–Crippen MR) is 129 cm³/mol. The molecule has 1 amide bonds. The van der Waals surface area contributed by atoms with Crippen LogP contribution < -0.4 is 0 Å². The molecule has 34 heavy (non-hydrogen) atoms. The second kappa shape index (κ2) is 8.76. The van der Waals surface area contributed by atoms with Crippen molar-refractivity contribution < 1.29 is 22.7 Å². The van der Waals surface area contributed by atoms with Crippen LogP contribution in [0.5, 0.6) is 0 Å². The van der Waals surface area contributed by atoms with Crippen molar-refractivity contribution in [2.45, 2.75) is 35.7 Å². The van der Waals surface area contributed by atoms with Crippen LogP contribution in [0.3, 0.4) is 0 Å². The molecule has 0 saturated carbocycles. The Morgan fingerprint density at radius 2 is 2.09 bits per heavy atom. The number of alkyl halides is 6. The van der Waals surface area contributed by atoms with Gasteiger partial charge in [0, 0.05) is 0 Å². The molecule has 6 nitrogen and oxygen atoms in total. The number of nitrogens with zero attached hydrogens (tertiary/aromatic N) is 4. The number of imidazole rings is 1. The normalized spacial score (nSPS) is 21.8. The fourth-order valence-corrected chi connectivity index (χ4v) is 11.4. The first kappa shape index (κ1) is 23.0. The van der Waals surface area contributed by atoms with Gasteiger partial charge in [-0.05, 0) is 0 Å². The van der Waals surface area contributed by atoms with E-state index in [-0.39, 0.29) is 6.54 Å². The Morgan fingerprint density at radius 3 is 2.88 bits per heavy atom. The van der Waals surface area contributed by atoms with E-state index < -0.39 is 43.3 Å². The van der Waals surface area contributed by atoms with Crippen molar-refractivity contribution in [2.75, 3.05) is 15.4 Å². The molecule has 2 aliphatic rings. The molecule has 2 saturated heterocycles. The summed E-state index contributed by atoms with van der Waals surface area (Å²) in [6.07, 6.45) is -1.33. The van der Waals surface area contributed by atoms with E-state index in [1.807, 2.05) is 18.5 Å².